The Labute approximate surface area is 119 Å². The third-order valence-corrected chi connectivity index (χ3v) is 4.23. The molecule has 0 fully saturated rings. The van der Waals surface area contributed by atoms with Crippen molar-refractivity contribution >= 4 is 15.8 Å². The smallest absolute Gasteiger partial charge is 0.262 e. The number of hydrogen-bond acceptors (Lipinski definition) is 4. The van der Waals surface area contributed by atoms with Gasteiger partial charge in [0.1, 0.15) is 0 Å². The molecule has 0 aliphatic heterocycles. The molecule has 1 heterocycles. The first-order chi connectivity index (χ1) is 9.62. The number of hydrogen-bond donors (Lipinski definition) is 1. The Morgan fingerprint density at radius 1 is 1.15 bits per heavy atom. The number of nitrogens with zero attached hydrogens (tertiary/aromatic N) is 2. The molecule has 0 saturated carbocycles. The normalized spacial score (nSPS) is 11.2. The average Bonchev–Trinajstić information content (AvgIpc) is 2.46. The molecule has 0 spiro atoms. The van der Waals surface area contributed by atoms with E-state index < -0.39 is 10.0 Å². The number of aryl methyl sites for hydroxylation is 1. The van der Waals surface area contributed by atoms with Crippen molar-refractivity contribution in [3.63, 3.8) is 0 Å². The van der Waals surface area contributed by atoms with Crippen molar-refractivity contribution in [3.05, 3.63) is 48.4 Å². The SMILES string of the molecule is CCCCc1ccc(S(=O)(=O)Nc2cnccn2)cc1. The minimum atomic E-state index is -3.60. The number of rotatable bonds is 6. The first kappa shape index (κ1) is 14.5. The zero-order valence-corrected chi connectivity index (χ0v) is 12.1. The number of aromatic nitrogens is 2. The summed E-state index contributed by atoms with van der Waals surface area (Å²) in [4.78, 5) is 7.94. The third kappa shape index (κ3) is 3.77. The molecule has 6 heteroatoms. The van der Waals surface area contributed by atoms with Gasteiger partial charge in [0.05, 0.1) is 11.1 Å². The van der Waals surface area contributed by atoms with Gasteiger partial charge in [-0.1, -0.05) is 25.5 Å². The summed E-state index contributed by atoms with van der Waals surface area (Å²) in [7, 11) is -3.60. The van der Waals surface area contributed by atoms with E-state index in [1.54, 1.807) is 12.1 Å². The maximum absolute atomic E-state index is 12.1. The summed E-state index contributed by atoms with van der Waals surface area (Å²) in [5.74, 6) is 0.211. The first-order valence-electron chi connectivity index (χ1n) is 6.49. The molecule has 2 aromatic rings. The second-order valence-corrected chi connectivity index (χ2v) is 6.13. The first-order valence-corrected chi connectivity index (χ1v) is 7.98. The minimum Gasteiger partial charge on any atom is -0.262 e. The molecule has 106 valence electrons. The van der Waals surface area contributed by atoms with Crippen molar-refractivity contribution < 1.29 is 8.42 Å². The lowest BCUT2D eigenvalue weighted by atomic mass is 10.1. The van der Waals surface area contributed by atoms with Crippen LogP contribution in [0.3, 0.4) is 0 Å². The molecule has 0 atom stereocenters. The van der Waals surface area contributed by atoms with Crippen molar-refractivity contribution in [2.24, 2.45) is 0 Å². The highest BCUT2D eigenvalue weighted by Gasteiger charge is 2.14. The highest BCUT2D eigenvalue weighted by Crippen LogP contribution is 2.15. The molecule has 0 aliphatic carbocycles. The summed E-state index contributed by atoms with van der Waals surface area (Å²) < 4.78 is 26.7. The van der Waals surface area contributed by atoms with Gasteiger partial charge in [0.25, 0.3) is 10.0 Å². The molecule has 0 unspecified atom stereocenters. The van der Waals surface area contributed by atoms with Crippen molar-refractivity contribution in [2.45, 2.75) is 31.1 Å². The van der Waals surface area contributed by atoms with E-state index in [-0.39, 0.29) is 10.7 Å². The molecule has 0 aliphatic rings. The fraction of sp³-hybridized carbons (Fsp3) is 0.286. The predicted octanol–water partition coefficient (Wildman–Crippen LogP) is 2.62. The fourth-order valence-electron chi connectivity index (χ4n) is 1.76. The van der Waals surface area contributed by atoms with Gasteiger partial charge in [-0.15, -0.1) is 0 Å². The number of sulfonamides is 1. The maximum Gasteiger partial charge on any atom is 0.263 e. The highest BCUT2D eigenvalue weighted by molar-refractivity contribution is 7.92. The molecule has 0 bridgehead atoms. The second-order valence-electron chi connectivity index (χ2n) is 4.44. The topological polar surface area (TPSA) is 72.0 Å². The molecule has 20 heavy (non-hydrogen) atoms. The van der Waals surface area contributed by atoms with Crippen molar-refractivity contribution in [3.8, 4) is 0 Å². The van der Waals surface area contributed by atoms with Gasteiger partial charge < -0.3 is 0 Å². The zero-order chi connectivity index (χ0) is 14.4. The van der Waals surface area contributed by atoms with Crippen LogP contribution in [0.4, 0.5) is 5.82 Å². The Kier molecular flexibility index (Phi) is 4.68. The van der Waals surface area contributed by atoms with Crippen LogP contribution in [0.25, 0.3) is 0 Å². The average molecular weight is 291 g/mol. The Hall–Kier alpha value is -1.95. The van der Waals surface area contributed by atoms with Gasteiger partial charge in [-0.2, -0.15) is 0 Å². The van der Waals surface area contributed by atoms with E-state index in [2.05, 4.69) is 21.6 Å². The molecule has 2 rings (SSSR count). The lowest BCUT2D eigenvalue weighted by Gasteiger charge is -2.07. The number of unbranched alkanes of at least 4 members (excludes halogenated alkanes) is 1. The van der Waals surface area contributed by atoms with E-state index in [0.717, 1.165) is 24.8 Å². The zero-order valence-electron chi connectivity index (χ0n) is 11.3. The molecular formula is C14H17N3O2S. The lowest BCUT2D eigenvalue weighted by Crippen LogP contribution is -2.14. The number of nitrogens with one attached hydrogen (secondary N) is 1. The van der Waals surface area contributed by atoms with Crippen LogP contribution in [-0.4, -0.2) is 18.4 Å². The van der Waals surface area contributed by atoms with E-state index in [0.29, 0.717) is 0 Å². The lowest BCUT2D eigenvalue weighted by molar-refractivity contribution is 0.601. The monoisotopic (exact) mass is 291 g/mol. The van der Waals surface area contributed by atoms with Gasteiger partial charge in [-0.3, -0.25) is 9.71 Å². The molecule has 1 aromatic heterocycles. The van der Waals surface area contributed by atoms with Gasteiger partial charge in [-0.25, -0.2) is 13.4 Å². The standard InChI is InChI=1S/C14H17N3O2S/c1-2-3-4-12-5-7-13(8-6-12)20(18,19)17-14-11-15-9-10-16-14/h5-11H,2-4H2,1H3,(H,16,17). The van der Waals surface area contributed by atoms with Crippen LogP contribution < -0.4 is 4.72 Å². The van der Waals surface area contributed by atoms with Crippen LogP contribution in [0.2, 0.25) is 0 Å². The summed E-state index contributed by atoms with van der Waals surface area (Å²) >= 11 is 0. The van der Waals surface area contributed by atoms with E-state index in [1.165, 1.54) is 18.6 Å². The van der Waals surface area contributed by atoms with Crippen LogP contribution >= 0.6 is 0 Å². The van der Waals surface area contributed by atoms with Gasteiger partial charge in [-0.05, 0) is 30.5 Å². The maximum atomic E-state index is 12.1. The molecule has 0 radical (unpaired) electrons. The Balaban J connectivity index is 2.13. The summed E-state index contributed by atoms with van der Waals surface area (Å²) in [6, 6.07) is 6.93. The summed E-state index contributed by atoms with van der Waals surface area (Å²) in [5, 5.41) is 0. The van der Waals surface area contributed by atoms with Gasteiger partial charge >= 0.3 is 0 Å². The van der Waals surface area contributed by atoms with Crippen LogP contribution in [-0.2, 0) is 16.4 Å². The summed E-state index contributed by atoms with van der Waals surface area (Å²) in [5.41, 5.74) is 1.14. The number of anilines is 1. The molecule has 1 aromatic carbocycles. The second kappa shape index (κ2) is 6.47. The molecule has 5 nitrogen and oxygen atoms in total. The van der Waals surface area contributed by atoms with Crippen molar-refractivity contribution in [2.75, 3.05) is 4.72 Å². The van der Waals surface area contributed by atoms with Gasteiger partial charge in [0.2, 0.25) is 0 Å². The highest BCUT2D eigenvalue weighted by atomic mass is 32.2. The molecule has 1 N–H and O–H groups in total. The quantitative estimate of drug-likeness (QED) is 0.888. The van der Waals surface area contributed by atoms with Crippen LogP contribution in [0.15, 0.2) is 47.8 Å². The Bertz CT molecular complexity index is 640. The third-order valence-electron chi connectivity index (χ3n) is 2.85. The molecule has 0 saturated heterocycles. The van der Waals surface area contributed by atoms with E-state index in [9.17, 15) is 8.42 Å². The largest absolute Gasteiger partial charge is 0.263 e. The fourth-order valence-corrected chi connectivity index (χ4v) is 2.76. The molecular weight excluding hydrogens is 274 g/mol. The van der Waals surface area contributed by atoms with E-state index >= 15 is 0 Å². The molecule has 0 amide bonds. The van der Waals surface area contributed by atoms with Crippen LogP contribution in [0.5, 0.6) is 0 Å². The number of benzene rings is 1. The minimum absolute atomic E-state index is 0.211. The van der Waals surface area contributed by atoms with Crippen molar-refractivity contribution in [1.29, 1.82) is 0 Å². The van der Waals surface area contributed by atoms with Crippen LogP contribution in [0.1, 0.15) is 25.3 Å². The van der Waals surface area contributed by atoms with Gasteiger partial charge in [0, 0.05) is 12.4 Å². The van der Waals surface area contributed by atoms with E-state index in [4.69, 9.17) is 0 Å². The van der Waals surface area contributed by atoms with E-state index in [1.807, 2.05) is 12.1 Å². The van der Waals surface area contributed by atoms with Gasteiger partial charge in [0.15, 0.2) is 5.82 Å². The summed E-state index contributed by atoms with van der Waals surface area (Å²) in [6.45, 7) is 2.13. The van der Waals surface area contributed by atoms with Crippen molar-refractivity contribution in [1.82, 2.24) is 9.97 Å². The summed E-state index contributed by atoms with van der Waals surface area (Å²) in [6.07, 6.45) is 7.48. The Morgan fingerprint density at radius 3 is 2.50 bits per heavy atom. The van der Waals surface area contributed by atoms with Crippen LogP contribution in [0, 0.1) is 0 Å². The predicted molar refractivity (Wildman–Crippen MR) is 77.9 cm³/mol. The Morgan fingerprint density at radius 2 is 1.90 bits per heavy atom.